The molecule has 0 aromatic heterocycles. The quantitative estimate of drug-likeness (QED) is 0.659. The van der Waals surface area contributed by atoms with Gasteiger partial charge in [-0.1, -0.05) is 6.92 Å². The van der Waals surface area contributed by atoms with Crippen molar-refractivity contribution in [1.29, 1.82) is 0 Å². The van der Waals surface area contributed by atoms with Crippen LogP contribution in [0.25, 0.3) is 0 Å². The van der Waals surface area contributed by atoms with Crippen LogP contribution in [0.4, 0.5) is 4.79 Å². The van der Waals surface area contributed by atoms with E-state index >= 15 is 0 Å². The minimum atomic E-state index is -0.353. The second-order valence-electron chi connectivity index (χ2n) is 5.34. The zero-order valence-electron chi connectivity index (χ0n) is 11.6. The van der Waals surface area contributed by atoms with Crippen LogP contribution in [0.15, 0.2) is 0 Å². The van der Waals surface area contributed by atoms with Crippen molar-refractivity contribution in [3.05, 3.63) is 0 Å². The lowest BCUT2D eigenvalue weighted by Gasteiger charge is -2.33. The summed E-state index contributed by atoms with van der Waals surface area (Å²) in [6.45, 7) is 5.21. The van der Waals surface area contributed by atoms with Crippen LogP contribution < -0.4 is 16.0 Å². The third-order valence-corrected chi connectivity index (χ3v) is 3.74. The van der Waals surface area contributed by atoms with Crippen molar-refractivity contribution in [2.24, 2.45) is 0 Å². The summed E-state index contributed by atoms with van der Waals surface area (Å²) in [6.07, 6.45) is 4.18. The van der Waals surface area contributed by atoms with E-state index < -0.39 is 0 Å². The first-order valence-electron chi connectivity index (χ1n) is 7.24. The van der Waals surface area contributed by atoms with Gasteiger partial charge in [-0.15, -0.1) is 0 Å². The van der Waals surface area contributed by atoms with E-state index in [1.807, 2.05) is 0 Å². The summed E-state index contributed by atoms with van der Waals surface area (Å²) in [5, 5.41) is 8.48. The Morgan fingerprint density at radius 1 is 1.21 bits per heavy atom. The van der Waals surface area contributed by atoms with Crippen molar-refractivity contribution in [2.45, 2.75) is 44.7 Å². The van der Waals surface area contributed by atoms with Gasteiger partial charge in [-0.2, -0.15) is 0 Å². The molecule has 6 nitrogen and oxygen atoms in total. The molecule has 19 heavy (non-hydrogen) atoms. The molecule has 0 aromatic carbocycles. The molecule has 2 rings (SSSR count). The number of nitrogens with zero attached hydrogens (tertiary/aromatic N) is 1. The fraction of sp³-hybridized carbons (Fsp3) is 0.846. The molecule has 0 radical (unpaired) electrons. The lowest BCUT2D eigenvalue weighted by Crippen LogP contribution is -2.49. The summed E-state index contributed by atoms with van der Waals surface area (Å²) in [6, 6.07) is 0.372. The molecular weight excluding hydrogens is 244 g/mol. The van der Waals surface area contributed by atoms with Gasteiger partial charge in [0.2, 0.25) is 5.91 Å². The van der Waals surface area contributed by atoms with Crippen LogP contribution in [-0.2, 0) is 4.79 Å². The Morgan fingerprint density at radius 3 is 2.47 bits per heavy atom. The van der Waals surface area contributed by atoms with E-state index in [0.717, 1.165) is 45.3 Å². The molecule has 1 saturated carbocycles. The average Bonchev–Trinajstić information content (AvgIpc) is 3.20. The predicted molar refractivity (Wildman–Crippen MR) is 72.8 cm³/mol. The van der Waals surface area contributed by atoms with E-state index in [2.05, 4.69) is 27.8 Å². The number of imide groups is 1. The van der Waals surface area contributed by atoms with Gasteiger partial charge in [0.1, 0.15) is 0 Å². The number of carbonyl (C=O) groups excluding carboxylic acids is 2. The number of carbonyl (C=O) groups is 2. The average molecular weight is 268 g/mol. The summed E-state index contributed by atoms with van der Waals surface area (Å²) in [4.78, 5) is 25.5. The topological polar surface area (TPSA) is 73.5 Å². The molecule has 6 heteroatoms. The summed E-state index contributed by atoms with van der Waals surface area (Å²) in [7, 11) is 0. The largest absolute Gasteiger partial charge is 0.335 e. The van der Waals surface area contributed by atoms with Gasteiger partial charge < -0.3 is 10.6 Å². The minimum absolute atomic E-state index is 0.210. The molecule has 108 valence electrons. The van der Waals surface area contributed by atoms with Gasteiger partial charge in [0.15, 0.2) is 0 Å². The third-order valence-electron chi connectivity index (χ3n) is 3.74. The number of piperidine rings is 1. The van der Waals surface area contributed by atoms with Crippen molar-refractivity contribution in [1.82, 2.24) is 20.9 Å². The number of rotatable bonds is 5. The monoisotopic (exact) mass is 268 g/mol. The molecule has 3 N–H and O–H groups in total. The van der Waals surface area contributed by atoms with Crippen LogP contribution in [0.2, 0.25) is 0 Å². The van der Waals surface area contributed by atoms with Crippen molar-refractivity contribution < 1.29 is 9.59 Å². The molecule has 1 aliphatic heterocycles. The van der Waals surface area contributed by atoms with E-state index in [4.69, 9.17) is 0 Å². The molecule has 1 saturated heterocycles. The van der Waals surface area contributed by atoms with Gasteiger partial charge in [0, 0.05) is 12.1 Å². The number of hydrogen-bond acceptors (Lipinski definition) is 4. The lowest BCUT2D eigenvalue weighted by molar-refractivity contribution is -0.121. The first-order valence-corrected chi connectivity index (χ1v) is 7.24. The van der Waals surface area contributed by atoms with Gasteiger partial charge in [0.05, 0.1) is 6.54 Å². The minimum Gasteiger partial charge on any atom is -0.335 e. The van der Waals surface area contributed by atoms with Gasteiger partial charge >= 0.3 is 6.03 Å². The van der Waals surface area contributed by atoms with Crippen molar-refractivity contribution in [3.8, 4) is 0 Å². The molecule has 0 bridgehead atoms. The summed E-state index contributed by atoms with van der Waals surface area (Å²) in [5.41, 5.74) is 0. The summed E-state index contributed by atoms with van der Waals surface area (Å²) < 4.78 is 0. The molecule has 0 unspecified atom stereocenters. The van der Waals surface area contributed by atoms with Crippen LogP contribution in [0.1, 0.15) is 32.6 Å². The summed E-state index contributed by atoms with van der Waals surface area (Å²) >= 11 is 0. The van der Waals surface area contributed by atoms with Gasteiger partial charge in [-0.3, -0.25) is 15.0 Å². The molecular formula is C13H24N4O2. The van der Waals surface area contributed by atoms with Gasteiger partial charge in [0.25, 0.3) is 0 Å². The van der Waals surface area contributed by atoms with E-state index in [0.29, 0.717) is 12.6 Å². The third kappa shape index (κ3) is 4.80. The first-order chi connectivity index (χ1) is 9.19. The normalized spacial score (nSPS) is 20.3. The van der Waals surface area contributed by atoms with Crippen molar-refractivity contribution in [2.75, 3.05) is 26.2 Å². The molecule has 0 spiro atoms. The second-order valence-corrected chi connectivity index (χ2v) is 5.34. The Morgan fingerprint density at radius 2 is 1.89 bits per heavy atom. The fourth-order valence-corrected chi connectivity index (χ4v) is 2.47. The number of nitrogens with one attached hydrogen (secondary N) is 3. The van der Waals surface area contributed by atoms with Crippen molar-refractivity contribution in [3.63, 3.8) is 0 Å². The lowest BCUT2D eigenvalue weighted by atomic mass is 10.0. The molecule has 1 heterocycles. The Hall–Kier alpha value is -1.14. The second kappa shape index (κ2) is 6.86. The number of likely N-dealkylation sites (N-methyl/N-ethyl adjacent to an activating group) is 1. The van der Waals surface area contributed by atoms with E-state index in [9.17, 15) is 9.59 Å². The number of urea groups is 1. The maximum atomic E-state index is 11.8. The highest BCUT2D eigenvalue weighted by atomic mass is 16.2. The molecule has 2 aliphatic rings. The highest BCUT2D eigenvalue weighted by molar-refractivity contribution is 5.95. The standard InChI is InChI=1S/C13H24N4O2/c1-2-17(11-5-7-14-8-6-11)9-12(18)16-13(19)15-10-3-4-10/h10-11,14H,2-9H2,1H3,(H2,15,16,18,19). The SMILES string of the molecule is CCN(CC(=O)NC(=O)NC1CC1)C1CCNCC1. The van der Waals surface area contributed by atoms with Crippen LogP contribution >= 0.6 is 0 Å². The Bertz CT molecular complexity index is 325. The first kappa shape index (κ1) is 14.3. The number of amides is 3. The van der Waals surface area contributed by atoms with Gasteiger partial charge in [-0.25, -0.2) is 4.79 Å². The number of hydrogen-bond donors (Lipinski definition) is 3. The smallest absolute Gasteiger partial charge is 0.321 e. The fourth-order valence-electron chi connectivity index (χ4n) is 2.47. The van der Waals surface area contributed by atoms with E-state index in [1.165, 1.54) is 0 Å². The van der Waals surface area contributed by atoms with Crippen LogP contribution in [0.5, 0.6) is 0 Å². The Labute approximate surface area is 114 Å². The zero-order chi connectivity index (χ0) is 13.7. The summed E-state index contributed by atoms with van der Waals surface area (Å²) in [5.74, 6) is -0.210. The highest BCUT2D eigenvalue weighted by Crippen LogP contribution is 2.18. The highest BCUT2D eigenvalue weighted by Gasteiger charge is 2.25. The molecule has 0 aromatic rings. The van der Waals surface area contributed by atoms with Crippen LogP contribution in [-0.4, -0.2) is 55.1 Å². The van der Waals surface area contributed by atoms with E-state index in [-0.39, 0.29) is 18.0 Å². The zero-order valence-corrected chi connectivity index (χ0v) is 11.6. The predicted octanol–water partition coefficient (Wildman–Crippen LogP) is 0.0485. The Kier molecular flexibility index (Phi) is 5.15. The van der Waals surface area contributed by atoms with Crippen LogP contribution in [0, 0.1) is 0 Å². The van der Waals surface area contributed by atoms with E-state index in [1.54, 1.807) is 0 Å². The van der Waals surface area contributed by atoms with Crippen LogP contribution in [0.3, 0.4) is 0 Å². The van der Waals surface area contributed by atoms with Gasteiger partial charge in [-0.05, 0) is 45.3 Å². The molecule has 2 fully saturated rings. The maximum Gasteiger partial charge on any atom is 0.321 e. The van der Waals surface area contributed by atoms with Crippen molar-refractivity contribution >= 4 is 11.9 Å². The molecule has 0 atom stereocenters. The maximum absolute atomic E-state index is 11.8. The molecule has 3 amide bonds. The molecule has 1 aliphatic carbocycles. The Balaban J connectivity index is 1.72.